The smallest absolute Gasteiger partial charge is 0.462 e. The number of hydrogen-bond acceptors (Lipinski definition) is 16. The van der Waals surface area contributed by atoms with Gasteiger partial charge in [-0.05, 0) is 89.5 Å². The molecule has 1 fully saturated rings. The molecule has 1 aromatic heterocycles. The van der Waals surface area contributed by atoms with Crippen molar-refractivity contribution in [2.45, 2.75) is 173 Å². The first-order chi connectivity index (χ1) is 34.1. The van der Waals surface area contributed by atoms with Crippen molar-refractivity contribution >= 4 is 33.4 Å². The lowest BCUT2D eigenvalue weighted by molar-refractivity contribution is -0.161. The fourth-order valence-electron chi connectivity index (χ4n) is 6.66. The highest BCUT2D eigenvalue weighted by atomic mass is 31.3. The second-order valence-corrected chi connectivity index (χ2v) is 19.8. The fourth-order valence-corrected chi connectivity index (χ4v) is 8.77. The van der Waals surface area contributed by atoms with Crippen molar-refractivity contribution < 1.29 is 71.4 Å². The van der Waals surface area contributed by atoms with Gasteiger partial charge in [0.2, 0.25) is 0 Å². The molecular formula is C50H79N3O16P2. The SMILES string of the molecule is CCCCC/C=C\C/C=C\C/C=C\C=C\[C@H](O)CCCC(=O)O[C@H](COC(=O)CCCC/C=C\C/C=C\C/C=C\CCCCC)COP(=O)(O)OP(=O)(O)OC[C@H]1O[C@@H](n2ccc(N)nc2=O)[C@H](O)[C@@H]1O. The van der Waals surface area contributed by atoms with Crippen molar-refractivity contribution in [1.82, 2.24) is 9.55 Å². The number of nitrogen functional groups attached to an aromatic ring is 1. The molecule has 0 amide bonds. The Hall–Kier alpha value is -4.10. The normalized spacial score (nSPS) is 20.3. The van der Waals surface area contributed by atoms with Gasteiger partial charge < -0.3 is 45.1 Å². The quantitative estimate of drug-likeness (QED) is 0.0118. The van der Waals surface area contributed by atoms with Crippen LogP contribution in [0.25, 0.3) is 0 Å². The van der Waals surface area contributed by atoms with Crippen molar-refractivity contribution in [3.63, 3.8) is 0 Å². The highest BCUT2D eigenvalue weighted by Crippen LogP contribution is 2.60. The van der Waals surface area contributed by atoms with E-state index in [9.17, 15) is 48.6 Å². The van der Waals surface area contributed by atoms with Gasteiger partial charge in [-0.25, -0.2) is 13.9 Å². The topological polar surface area (TPSA) is 286 Å². The Kier molecular flexibility index (Phi) is 33.4. The Labute approximate surface area is 419 Å². The van der Waals surface area contributed by atoms with Crippen molar-refractivity contribution in [2.24, 2.45) is 0 Å². The number of aliphatic hydroxyl groups is 3. The minimum Gasteiger partial charge on any atom is -0.462 e. The van der Waals surface area contributed by atoms with Gasteiger partial charge in [0.15, 0.2) is 12.3 Å². The van der Waals surface area contributed by atoms with Crippen LogP contribution in [-0.4, -0.2) is 96.9 Å². The van der Waals surface area contributed by atoms with Crippen molar-refractivity contribution in [2.75, 3.05) is 25.6 Å². The number of rotatable bonds is 39. The predicted octanol–water partition coefficient (Wildman–Crippen LogP) is 8.86. The number of ether oxygens (including phenoxy) is 3. The number of phosphoric ester groups is 2. The molecule has 1 aliphatic heterocycles. The van der Waals surface area contributed by atoms with Crippen LogP contribution < -0.4 is 11.4 Å². The monoisotopic (exact) mass is 1040 g/mol. The molecule has 7 N–H and O–H groups in total. The summed E-state index contributed by atoms with van der Waals surface area (Å²) in [5.74, 6) is -1.57. The standard InChI is InChI=1S/C50H79N3O16P2/c1-3-5-7-9-11-13-15-17-18-20-22-24-26-28-30-34-45(55)64-38-42(67-46(56)35-31-33-41(54)32-29-27-25-23-21-19-16-14-12-10-8-6-4-2)39-65-70(60,61)69-71(62,63)66-40-43-47(57)48(58)49(68-43)53-37-36-44(51)52-50(53)59/h11-14,17-19,21-22,24-25,27,29,32,36-37,41-43,47-49,54,57-58H,3-10,15-16,20,23,26,28,30-31,33-35,38-40H2,1-2H3,(H,60,61)(H,62,63)(H2,51,52,59)/b13-11-,14-12-,18-17-,21-19-,24-22-,27-25-,32-29+/t41-,42+,43+,47+,48+,49+/m0/s1. The van der Waals surface area contributed by atoms with E-state index in [1.54, 1.807) is 12.2 Å². The number of carbonyl (C=O) groups excluding carboxylic acids is 2. The lowest BCUT2D eigenvalue weighted by Gasteiger charge is -2.21. The summed E-state index contributed by atoms with van der Waals surface area (Å²) in [7, 11) is -11.0. The molecular weight excluding hydrogens is 961 g/mol. The summed E-state index contributed by atoms with van der Waals surface area (Å²) in [5.41, 5.74) is 4.56. The minimum atomic E-state index is -5.48. The number of allylic oxidation sites excluding steroid dienone is 13. The zero-order chi connectivity index (χ0) is 52.2. The van der Waals surface area contributed by atoms with Gasteiger partial charge >= 0.3 is 33.3 Å². The second kappa shape index (κ2) is 37.6. The van der Waals surface area contributed by atoms with Gasteiger partial charge in [-0.1, -0.05) is 125 Å². The number of esters is 2. The molecule has 0 aromatic carbocycles. The van der Waals surface area contributed by atoms with E-state index < -0.39 is 89.8 Å². The van der Waals surface area contributed by atoms with Crippen LogP contribution in [0.5, 0.6) is 0 Å². The van der Waals surface area contributed by atoms with Gasteiger partial charge in [0.1, 0.15) is 30.7 Å². The number of nitrogens with zero attached hydrogens (tertiary/aromatic N) is 2. The van der Waals surface area contributed by atoms with Gasteiger partial charge in [-0.2, -0.15) is 9.29 Å². The van der Waals surface area contributed by atoms with Crippen molar-refractivity contribution in [3.05, 3.63) is 108 Å². The largest absolute Gasteiger partial charge is 0.481 e. The summed E-state index contributed by atoms with van der Waals surface area (Å²) in [6.07, 6.45) is 35.5. The zero-order valence-corrected chi connectivity index (χ0v) is 43.1. The van der Waals surface area contributed by atoms with Crippen LogP contribution in [0.15, 0.2) is 102 Å². The first-order valence-corrected chi connectivity index (χ1v) is 27.7. The summed E-state index contributed by atoms with van der Waals surface area (Å²) >= 11 is 0. The molecule has 1 aromatic rings. The van der Waals surface area contributed by atoms with E-state index in [2.05, 4.69) is 77.8 Å². The Morgan fingerprint density at radius 3 is 1.89 bits per heavy atom. The summed E-state index contributed by atoms with van der Waals surface area (Å²) in [6, 6.07) is 1.23. The molecule has 2 unspecified atom stereocenters. The number of hydrogen-bond donors (Lipinski definition) is 6. The maximum Gasteiger partial charge on any atom is 0.481 e. The molecule has 0 spiro atoms. The van der Waals surface area contributed by atoms with Crippen molar-refractivity contribution in [3.8, 4) is 0 Å². The Morgan fingerprint density at radius 1 is 0.746 bits per heavy atom. The molecule has 2 heterocycles. The molecule has 8 atom stereocenters. The van der Waals surface area contributed by atoms with Gasteiger partial charge in [-0.3, -0.25) is 23.2 Å². The molecule has 71 heavy (non-hydrogen) atoms. The van der Waals surface area contributed by atoms with Gasteiger partial charge in [-0.15, -0.1) is 0 Å². The first kappa shape index (κ1) is 63.0. The van der Waals surface area contributed by atoms with Gasteiger partial charge in [0.05, 0.1) is 19.3 Å². The molecule has 400 valence electrons. The van der Waals surface area contributed by atoms with Crippen LogP contribution in [0.1, 0.15) is 142 Å². The Bertz CT molecular complexity index is 2040. The first-order valence-electron chi connectivity index (χ1n) is 24.7. The Morgan fingerprint density at radius 2 is 1.30 bits per heavy atom. The zero-order valence-electron chi connectivity index (χ0n) is 41.4. The van der Waals surface area contributed by atoms with Gasteiger partial charge in [0, 0.05) is 19.0 Å². The third-order valence-corrected chi connectivity index (χ3v) is 13.2. The molecule has 0 saturated carbocycles. The highest BCUT2D eigenvalue weighted by Gasteiger charge is 2.46. The molecule has 1 saturated heterocycles. The van der Waals surface area contributed by atoms with Crippen LogP contribution >= 0.6 is 15.6 Å². The van der Waals surface area contributed by atoms with E-state index in [4.69, 9.17) is 29.0 Å². The molecule has 19 nitrogen and oxygen atoms in total. The minimum absolute atomic E-state index is 0.0332. The van der Waals surface area contributed by atoms with Crippen LogP contribution in [0.2, 0.25) is 0 Å². The Balaban J connectivity index is 1.89. The summed E-state index contributed by atoms with van der Waals surface area (Å²) in [5, 5.41) is 31.3. The van der Waals surface area contributed by atoms with E-state index in [1.165, 1.54) is 44.6 Å². The van der Waals surface area contributed by atoms with Crippen LogP contribution in [0.3, 0.4) is 0 Å². The highest BCUT2D eigenvalue weighted by molar-refractivity contribution is 7.61. The molecule has 0 bridgehead atoms. The van der Waals surface area contributed by atoms with Crippen LogP contribution in [-0.2, 0) is 46.3 Å². The van der Waals surface area contributed by atoms with Crippen LogP contribution in [0, 0.1) is 0 Å². The molecule has 21 heteroatoms. The lowest BCUT2D eigenvalue weighted by atomic mass is 10.1. The molecule has 1 aliphatic rings. The maximum absolute atomic E-state index is 12.9. The fraction of sp³-hybridized carbons (Fsp3) is 0.600. The summed E-state index contributed by atoms with van der Waals surface area (Å²) in [4.78, 5) is 61.8. The van der Waals surface area contributed by atoms with E-state index in [0.717, 1.165) is 55.7 Å². The number of unbranched alkanes of at least 4 members (excludes halogenated alkanes) is 8. The summed E-state index contributed by atoms with van der Waals surface area (Å²) < 4.78 is 56.5. The third kappa shape index (κ3) is 30.5. The predicted molar refractivity (Wildman–Crippen MR) is 271 cm³/mol. The van der Waals surface area contributed by atoms with E-state index >= 15 is 0 Å². The second-order valence-electron chi connectivity index (χ2n) is 16.8. The third-order valence-electron chi connectivity index (χ3n) is 10.6. The number of phosphoric acid groups is 2. The number of aliphatic hydroxyl groups excluding tert-OH is 3. The van der Waals surface area contributed by atoms with E-state index in [1.807, 2.05) is 18.2 Å². The average molecular weight is 1040 g/mol. The van der Waals surface area contributed by atoms with Gasteiger partial charge in [0.25, 0.3) is 0 Å². The summed E-state index contributed by atoms with van der Waals surface area (Å²) in [6.45, 7) is 1.85. The number of anilines is 1. The van der Waals surface area contributed by atoms with Crippen molar-refractivity contribution in [1.29, 1.82) is 0 Å². The van der Waals surface area contributed by atoms with E-state index in [0.29, 0.717) is 12.8 Å². The number of aromatic nitrogens is 2. The lowest BCUT2D eigenvalue weighted by Crippen LogP contribution is -2.36. The van der Waals surface area contributed by atoms with Crippen LogP contribution in [0.4, 0.5) is 5.82 Å². The number of carbonyl (C=O) groups is 2. The average Bonchev–Trinajstić information content (AvgIpc) is 3.60. The molecule has 0 aliphatic carbocycles. The molecule has 2 rings (SSSR count). The molecule has 0 radical (unpaired) electrons. The van der Waals surface area contributed by atoms with E-state index in [-0.39, 0.29) is 31.5 Å². The maximum atomic E-state index is 12.9. The number of nitrogens with two attached hydrogens (primary N) is 1.